The molecule has 180 valence electrons. The number of esters is 1. The molecule has 0 saturated heterocycles. The van der Waals surface area contributed by atoms with Crippen molar-refractivity contribution in [3.63, 3.8) is 0 Å². The van der Waals surface area contributed by atoms with E-state index >= 15 is 0 Å². The first-order valence-corrected chi connectivity index (χ1v) is 12.1. The number of hydrogen-bond donors (Lipinski definition) is 1. The van der Waals surface area contributed by atoms with Gasteiger partial charge in [0.2, 0.25) is 5.91 Å². The van der Waals surface area contributed by atoms with Crippen molar-refractivity contribution >= 4 is 23.6 Å². The van der Waals surface area contributed by atoms with E-state index in [4.69, 9.17) is 4.74 Å². The van der Waals surface area contributed by atoms with Gasteiger partial charge >= 0.3 is 5.97 Å². The molecule has 5 nitrogen and oxygen atoms in total. The van der Waals surface area contributed by atoms with Crippen LogP contribution in [0.15, 0.2) is 78.9 Å². The maximum atomic E-state index is 13.7. The number of methoxy groups -OCH3 is 1. The van der Waals surface area contributed by atoms with Crippen LogP contribution >= 0.6 is 0 Å². The third-order valence-electron chi connectivity index (χ3n) is 6.51. The monoisotopic (exact) mass is 469 g/mol. The molecule has 0 unspecified atom stereocenters. The van der Waals surface area contributed by atoms with E-state index in [0.717, 1.165) is 53.6 Å². The van der Waals surface area contributed by atoms with E-state index in [1.165, 1.54) is 19.6 Å². The summed E-state index contributed by atoms with van der Waals surface area (Å²) < 4.78 is 4.69. The average Bonchev–Trinajstić information content (AvgIpc) is 2.91. The Morgan fingerprint density at radius 2 is 1.60 bits per heavy atom. The molecule has 0 aromatic heterocycles. The molecule has 1 aliphatic carbocycles. The van der Waals surface area contributed by atoms with E-state index in [0.29, 0.717) is 6.54 Å². The lowest BCUT2D eigenvalue weighted by atomic mass is 9.88. The van der Waals surface area contributed by atoms with Crippen molar-refractivity contribution in [2.45, 2.75) is 38.6 Å². The van der Waals surface area contributed by atoms with Crippen molar-refractivity contribution in [3.05, 3.63) is 90.0 Å². The quantitative estimate of drug-likeness (QED) is 0.323. The van der Waals surface area contributed by atoms with Gasteiger partial charge in [-0.1, -0.05) is 67.8 Å². The lowest BCUT2D eigenvalue weighted by molar-refractivity contribution is -0.134. The predicted molar refractivity (Wildman–Crippen MR) is 139 cm³/mol. The molecule has 0 bridgehead atoms. The minimum absolute atomic E-state index is 0.0364. The number of amides is 1. The van der Waals surface area contributed by atoms with Crippen molar-refractivity contribution in [2.75, 3.05) is 12.0 Å². The van der Waals surface area contributed by atoms with Gasteiger partial charge in [-0.2, -0.15) is 0 Å². The lowest BCUT2D eigenvalue weighted by Gasteiger charge is -2.30. The summed E-state index contributed by atoms with van der Waals surface area (Å²) in [6.07, 6.45) is 8.31. The molecule has 0 atom stereocenters. The molecule has 0 heterocycles. The van der Waals surface area contributed by atoms with E-state index in [2.05, 4.69) is 0 Å². The van der Waals surface area contributed by atoms with E-state index in [1.54, 1.807) is 18.2 Å². The van der Waals surface area contributed by atoms with Crippen molar-refractivity contribution in [2.24, 2.45) is 5.92 Å². The van der Waals surface area contributed by atoms with Crippen LogP contribution in [0, 0.1) is 5.92 Å². The summed E-state index contributed by atoms with van der Waals surface area (Å²) in [4.78, 5) is 27.1. The Bertz CT molecular complexity index is 1180. The second-order valence-corrected chi connectivity index (χ2v) is 8.95. The smallest absolute Gasteiger partial charge is 0.330 e. The number of ether oxygens (including phenoxy) is 1. The third-order valence-corrected chi connectivity index (χ3v) is 6.51. The Kier molecular flexibility index (Phi) is 7.99. The van der Waals surface area contributed by atoms with Crippen LogP contribution in [0.5, 0.6) is 5.75 Å². The fourth-order valence-corrected chi connectivity index (χ4v) is 4.53. The highest BCUT2D eigenvalue weighted by molar-refractivity contribution is 5.95. The Morgan fingerprint density at radius 1 is 0.943 bits per heavy atom. The van der Waals surface area contributed by atoms with Crippen molar-refractivity contribution in [3.8, 4) is 16.9 Å². The Balaban J connectivity index is 1.60. The van der Waals surface area contributed by atoms with Gasteiger partial charge in [-0.25, -0.2) is 4.79 Å². The van der Waals surface area contributed by atoms with Crippen molar-refractivity contribution in [1.29, 1.82) is 0 Å². The van der Waals surface area contributed by atoms with Crippen LogP contribution in [0.1, 0.15) is 43.2 Å². The molecular weight excluding hydrogens is 438 g/mol. The van der Waals surface area contributed by atoms with Crippen LogP contribution in [-0.2, 0) is 20.9 Å². The number of aromatic hydroxyl groups is 1. The molecule has 0 radical (unpaired) electrons. The maximum Gasteiger partial charge on any atom is 0.330 e. The van der Waals surface area contributed by atoms with Crippen LogP contribution in [0.4, 0.5) is 5.69 Å². The second-order valence-electron chi connectivity index (χ2n) is 8.95. The molecule has 0 aliphatic heterocycles. The average molecular weight is 470 g/mol. The fraction of sp³-hybridized carbons (Fsp3) is 0.267. The van der Waals surface area contributed by atoms with Crippen molar-refractivity contribution in [1.82, 2.24) is 0 Å². The summed E-state index contributed by atoms with van der Waals surface area (Å²) in [6.45, 7) is 0.468. The van der Waals surface area contributed by atoms with Gasteiger partial charge in [0.25, 0.3) is 0 Å². The van der Waals surface area contributed by atoms with E-state index in [9.17, 15) is 14.7 Å². The molecular formula is C30H31NO4. The van der Waals surface area contributed by atoms with E-state index in [-0.39, 0.29) is 17.6 Å². The van der Waals surface area contributed by atoms with Crippen LogP contribution in [-0.4, -0.2) is 24.1 Å². The molecule has 5 heteroatoms. The summed E-state index contributed by atoms with van der Waals surface area (Å²) in [5, 5.41) is 9.54. The molecule has 3 aromatic rings. The maximum absolute atomic E-state index is 13.7. The van der Waals surface area contributed by atoms with Crippen LogP contribution < -0.4 is 4.90 Å². The zero-order chi connectivity index (χ0) is 24.6. The fourth-order valence-electron chi connectivity index (χ4n) is 4.53. The number of rotatable bonds is 7. The number of nitrogens with zero attached hydrogens (tertiary/aromatic N) is 1. The number of anilines is 1. The summed E-state index contributed by atoms with van der Waals surface area (Å²) in [7, 11) is 1.35. The minimum atomic E-state index is -0.417. The summed E-state index contributed by atoms with van der Waals surface area (Å²) in [5.74, 6) is 0.0147. The SMILES string of the molecule is COC(=O)/C=C/c1cccc(N(Cc2ccc(-c3ccc(O)cc3)cc2)C(=O)C2CCCCC2)c1. The topological polar surface area (TPSA) is 66.8 Å². The molecule has 1 aliphatic rings. The number of hydrogen-bond acceptors (Lipinski definition) is 4. The zero-order valence-corrected chi connectivity index (χ0v) is 20.0. The van der Waals surface area contributed by atoms with Crippen LogP contribution in [0.25, 0.3) is 17.2 Å². The Morgan fingerprint density at radius 3 is 2.26 bits per heavy atom. The Labute approximate surface area is 206 Å². The van der Waals surface area contributed by atoms with Gasteiger partial charge in [0.1, 0.15) is 5.75 Å². The molecule has 0 spiro atoms. The largest absolute Gasteiger partial charge is 0.508 e. The van der Waals surface area contributed by atoms with E-state index in [1.807, 2.05) is 65.6 Å². The molecule has 1 amide bonds. The normalized spacial score (nSPS) is 14.1. The summed E-state index contributed by atoms with van der Waals surface area (Å²) >= 11 is 0. The first kappa shape index (κ1) is 24.3. The van der Waals surface area contributed by atoms with Gasteiger partial charge in [-0.05, 0) is 65.4 Å². The van der Waals surface area contributed by atoms with Gasteiger partial charge in [0.15, 0.2) is 0 Å². The molecule has 4 rings (SSSR count). The third kappa shape index (κ3) is 6.38. The molecule has 1 saturated carbocycles. The van der Waals surface area contributed by atoms with Gasteiger partial charge in [0.05, 0.1) is 13.7 Å². The summed E-state index contributed by atoms with van der Waals surface area (Å²) in [6, 6.07) is 23.0. The second kappa shape index (κ2) is 11.5. The Hall–Kier alpha value is -3.86. The number of phenolic OH excluding ortho intramolecular Hbond substituents is 1. The van der Waals surface area contributed by atoms with Crippen LogP contribution in [0.2, 0.25) is 0 Å². The number of benzene rings is 3. The highest BCUT2D eigenvalue weighted by Crippen LogP contribution is 2.30. The van der Waals surface area contributed by atoms with Gasteiger partial charge in [0, 0.05) is 17.7 Å². The standard InChI is InChI=1S/C30H31NO4/c1-35-29(33)19-12-22-6-5-9-27(20-22)31(30(34)26-7-3-2-4-8-26)21-23-10-13-24(14-11-23)25-15-17-28(32)18-16-25/h5-6,9-20,26,32H,2-4,7-8,21H2,1H3/b19-12+. The van der Waals surface area contributed by atoms with E-state index < -0.39 is 5.97 Å². The lowest BCUT2D eigenvalue weighted by Crippen LogP contribution is -2.36. The zero-order valence-electron chi connectivity index (χ0n) is 20.0. The molecule has 1 N–H and O–H groups in total. The molecule has 3 aromatic carbocycles. The first-order chi connectivity index (χ1) is 17.0. The predicted octanol–water partition coefficient (Wildman–Crippen LogP) is 6.36. The van der Waals surface area contributed by atoms with Crippen LogP contribution in [0.3, 0.4) is 0 Å². The van der Waals surface area contributed by atoms with Crippen molar-refractivity contribution < 1.29 is 19.4 Å². The molecule has 35 heavy (non-hydrogen) atoms. The van der Waals surface area contributed by atoms with Gasteiger partial charge < -0.3 is 14.7 Å². The number of phenols is 1. The van der Waals surface area contributed by atoms with Gasteiger partial charge in [-0.3, -0.25) is 4.79 Å². The number of carbonyl (C=O) groups excluding carboxylic acids is 2. The number of carbonyl (C=O) groups is 2. The highest BCUT2D eigenvalue weighted by Gasteiger charge is 2.27. The highest BCUT2D eigenvalue weighted by atomic mass is 16.5. The van der Waals surface area contributed by atoms with Gasteiger partial charge in [-0.15, -0.1) is 0 Å². The minimum Gasteiger partial charge on any atom is -0.508 e. The first-order valence-electron chi connectivity index (χ1n) is 12.1. The summed E-state index contributed by atoms with van der Waals surface area (Å²) in [5.41, 5.74) is 4.75. The molecule has 1 fully saturated rings.